The Bertz CT molecular complexity index is 1190. The van der Waals surface area contributed by atoms with E-state index in [2.05, 4.69) is 0 Å². The summed E-state index contributed by atoms with van der Waals surface area (Å²) < 4.78 is 44.3. The quantitative estimate of drug-likeness (QED) is 0.664. The number of nitrogens with zero attached hydrogens (tertiary/aromatic N) is 3. The average molecular weight is 472 g/mol. The van der Waals surface area contributed by atoms with Crippen LogP contribution in [0.3, 0.4) is 0 Å². The first-order chi connectivity index (χ1) is 15.8. The van der Waals surface area contributed by atoms with E-state index in [9.17, 15) is 17.6 Å². The molecule has 9 heteroatoms. The van der Waals surface area contributed by atoms with Crippen LogP contribution in [-0.4, -0.2) is 57.8 Å². The van der Waals surface area contributed by atoms with Crippen LogP contribution in [0.25, 0.3) is 0 Å². The summed E-state index contributed by atoms with van der Waals surface area (Å²) in [7, 11) is -3.48. The minimum absolute atomic E-state index is 0.00638. The Labute approximate surface area is 193 Å². The lowest BCUT2D eigenvalue weighted by Gasteiger charge is -2.36. The van der Waals surface area contributed by atoms with E-state index in [0.29, 0.717) is 37.6 Å². The maximum Gasteiger partial charge on any atom is 0.257 e. The van der Waals surface area contributed by atoms with E-state index in [0.717, 1.165) is 31.9 Å². The van der Waals surface area contributed by atoms with Gasteiger partial charge in [0.15, 0.2) is 9.84 Å². The topological polar surface area (TPSA) is 90.7 Å². The van der Waals surface area contributed by atoms with Gasteiger partial charge in [0.25, 0.3) is 5.91 Å². The van der Waals surface area contributed by atoms with Crippen LogP contribution in [0.1, 0.15) is 41.6 Å². The number of sulfone groups is 1. The van der Waals surface area contributed by atoms with Crippen LogP contribution in [-0.2, 0) is 9.84 Å². The Hall–Kier alpha value is -3.12. The van der Waals surface area contributed by atoms with E-state index in [-0.39, 0.29) is 28.0 Å². The molecule has 2 aliphatic rings. The molecule has 2 aromatic rings. The van der Waals surface area contributed by atoms with E-state index in [1.165, 1.54) is 24.3 Å². The highest BCUT2D eigenvalue weighted by Gasteiger charge is 2.27. The second-order valence-corrected chi connectivity index (χ2v) is 10.5. The molecule has 1 aliphatic heterocycles. The second-order valence-electron chi connectivity index (χ2n) is 8.51. The van der Waals surface area contributed by atoms with Gasteiger partial charge in [0, 0.05) is 38.1 Å². The van der Waals surface area contributed by atoms with Crippen molar-refractivity contribution in [3.63, 3.8) is 0 Å². The molecule has 1 amide bonds. The zero-order valence-electron chi connectivity index (χ0n) is 18.5. The number of carbonyl (C=O) groups is 1. The summed E-state index contributed by atoms with van der Waals surface area (Å²) in [6, 6.07) is 10.8. The van der Waals surface area contributed by atoms with Gasteiger partial charge in [-0.3, -0.25) is 4.79 Å². The number of amides is 1. The molecule has 2 aromatic carbocycles. The normalized spacial score (nSPS) is 17.1. The second kappa shape index (κ2) is 9.40. The van der Waals surface area contributed by atoms with Crippen molar-refractivity contribution >= 4 is 21.4 Å². The van der Waals surface area contributed by atoms with E-state index in [1.54, 1.807) is 17.0 Å². The molecule has 1 saturated carbocycles. The molecule has 33 heavy (non-hydrogen) atoms. The largest absolute Gasteiger partial charge is 0.490 e. The predicted molar refractivity (Wildman–Crippen MR) is 122 cm³/mol. The zero-order chi connectivity index (χ0) is 23.6. The van der Waals surface area contributed by atoms with Gasteiger partial charge >= 0.3 is 0 Å². The Morgan fingerprint density at radius 3 is 2.39 bits per heavy atom. The molecule has 174 valence electrons. The van der Waals surface area contributed by atoms with Crippen LogP contribution in [0, 0.1) is 17.1 Å². The molecule has 0 atom stereocenters. The standard InChI is InChI=1S/C24H26FN3O4S/c1-33(30,31)20-8-9-23(32-19-4-2-3-5-19)21(15-20)24(29)28-12-10-27(11-13-28)18-7-6-17(16-26)22(25)14-18/h6-9,14-15,19H,2-5,10-13H2,1H3. The number of rotatable bonds is 5. The molecule has 0 N–H and O–H groups in total. The molecule has 7 nitrogen and oxygen atoms in total. The van der Waals surface area contributed by atoms with Crippen LogP contribution >= 0.6 is 0 Å². The van der Waals surface area contributed by atoms with Crippen LogP contribution < -0.4 is 9.64 Å². The molecule has 0 aromatic heterocycles. The van der Waals surface area contributed by atoms with Crippen molar-refractivity contribution in [2.45, 2.75) is 36.7 Å². The molecule has 0 spiro atoms. The number of hydrogen-bond acceptors (Lipinski definition) is 6. The third kappa shape index (κ3) is 5.11. The van der Waals surface area contributed by atoms with Crippen LogP contribution in [0.15, 0.2) is 41.3 Å². The van der Waals surface area contributed by atoms with Crippen molar-refractivity contribution in [3.8, 4) is 11.8 Å². The molecule has 0 bridgehead atoms. The number of carbonyl (C=O) groups excluding carboxylic acids is 1. The van der Waals surface area contributed by atoms with Gasteiger partial charge in [0.05, 0.1) is 22.1 Å². The van der Waals surface area contributed by atoms with Crippen molar-refractivity contribution < 1.29 is 22.3 Å². The fraction of sp³-hybridized carbons (Fsp3) is 0.417. The summed E-state index contributed by atoms with van der Waals surface area (Å²) in [4.78, 5) is 17.1. The first-order valence-corrected chi connectivity index (χ1v) is 12.9. The van der Waals surface area contributed by atoms with Gasteiger partial charge in [0.1, 0.15) is 17.6 Å². The van der Waals surface area contributed by atoms with Gasteiger partial charge in [-0.2, -0.15) is 5.26 Å². The summed E-state index contributed by atoms with van der Waals surface area (Å²) in [5, 5.41) is 8.91. The molecule has 4 rings (SSSR count). The summed E-state index contributed by atoms with van der Waals surface area (Å²) in [5.74, 6) is -0.435. The Morgan fingerprint density at radius 2 is 1.79 bits per heavy atom. The van der Waals surface area contributed by atoms with E-state index in [4.69, 9.17) is 10.00 Å². The molecule has 1 heterocycles. The number of hydrogen-bond donors (Lipinski definition) is 0. The molecule has 2 fully saturated rings. The molecular weight excluding hydrogens is 445 g/mol. The minimum Gasteiger partial charge on any atom is -0.490 e. The number of piperazine rings is 1. The summed E-state index contributed by atoms with van der Waals surface area (Å²) in [6.07, 6.45) is 5.14. The molecule has 0 radical (unpaired) electrons. The van der Waals surface area contributed by atoms with E-state index < -0.39 is 15.7 Å². The van der Waals surface area contributed by atoms with Crippen molar-refractivity contribution in [2.24, 2.45) is 0 Å². The molecule has 0 unspecified atom stereocenters. The van der Waals surface area contributed by atoms with E-state index in [1.807, 2.05) is 11.0 Å². The lowest BCUT2D eigenvalue weighted by Crippen LogP contribution is -2.49. The van der Waals surface area contributed by atoms with Crippen molar-refractivity contribution in [1.82, 2.24) is 4.90 Å². The fourth-order valence-corrected chi connectivity index (χ4v) is 4.97. The van der Waals surface area contributed by atoms with E-state index >= 15 is 0 Å². The third-order valence-electron chi connectivity index (χ3n) is 6.21. The van der Waals surface area contributed by atoms with Gasteiger partial charge < -0.3 is 14.5 Å². The lowest BCUT2D eigenvalue weighted by atomic mass is 10.1. The van der Waals surface area contributed by atoms with Crippen molar-refractivity contribution in [1.29, 1.82) is 5.26 Å². The first kappa shape index (κ1) is 23.1. The number of halogens is 1. The SMILES string of the molecule is CS(=O)(=O)c1ccc(OC2CCCC2)c(C(=O)N2CCN(c3ccc(C#N)c(F)c3)CC2)c1. The van der Waals surface area contributed by atoms with Crippen LogP contribution in [0.2, 0.25) is 0 Å². The van der Waals surface area contributed by atoms with Crippen molar-refractivity contribution in [2.75, 3.05) is 37.3 Å². The highest BCUT2D eigenvalue weighted by atomic mass is 32.2. The maximum atomic E-state index is 14.0. The predicted octanol–water partition coefficient (Wildman–Crippen LogP) is 3.38. The van der Waals surface area contributed by atoms with Crippen LogP contribution in [0.4, 0.5) is 10.1 Å². The Kier molecular flexibility index (Phi) is 6.56. The Balaban J connectivity index is 1.52. The number of benzene rings is 2. The highest BCUT2D eigenvalue weighted by Crippen LogP contribution is 2.30. The molecule has 1 aliphatic carbocycles. The maximum absolute atomic E-state index is 14.0. The zero-order valence-corrected chi connectivity index (χ0v) is 19.3. The smallest absolute Gasteiger partial charge is 0.257 e. The fourth-order valence-electron chi connectivity index (χ4n) is 4.32. The molecule has 1 saturated heterocycles. The van der Waals surface area contributed by atoms with Gasteiger partial charge in [-0.1, -0.05) is 0 Å². The van der Waals surface area contributed by atoms with Crippen molar-refractivity contribution in [3.05, 3.63) is 53.3 Å². The van der Waals surface area contributed by atoms with Gasteiger partial charge in [-0.25, -0.2) is 12.8 Å². The van der Waals surface area contributed by atoms with Gasteiger partial charge in [-0.15, -0.1) is 0 Å². The van der Waals surface area contributed by atoms with Gasteiger partial charge in [0.2, 0.25) is 0 Å². The lowest BCUT2D eigenvalue weighted by molar-refractivity contribution is 0.0739. The highest BCUT2D eigenvalue weighted by molar-refractivity contribution is 7.90. The summed E-state index contributed by atoms with van der Waals surface area (Å²) >= 11 is 0. The monoisotopic (exact) mass is 471 g/mol. The number of anilines is 1. The third-order valence-corrected chi connectivity index (χ3v) is 7.32. The average Bonchev–Trinajstić information content (AvgIpc) is 3.31. The summed E-state index contributed by atoms with van der Waals surface area (Å²) in [5.41, 5.74) is 0.902. The Morgan fingerprint density at radius 1 is 1.09 bits per heavy atom. The minimum atomic E-state index is -3.48. The first-order valence-electron chi connectivity index (χ1n) is 11.0. The summed E-state index contributed by atoms with van der Waals surface area (Å²) in [6.45, 7) is 1.77. The number of nitriles is 1. The molecular formula is C24H26FN3O4S. The van der Waals surface area contributed by atoms with Crippen LogP contribution in [0.5, 0.6) is 5.75 Å². The number of ether oxygens (including phenoxy) is 1. The van der Waals surface area contributed by atoms with Gasteiger partial charge in [-0.05, 0) is 62.1 Å².